The van der Waals surface area contributed by atoms with E-state index in [4.69, 9.17) is 21.2 Å². The normalized spacial score (nSPS) is 10.7. The Morgan fingerprint density at radius 3 is 2.31 bits per heavy atom. The molecule has 4 N–H and O–H groups in total. The second-order valence-electron chi connectivity index (χ2n) is 6.14. The molecule has 26 heavy (non-hydrogen) atoms. The Morgan fingerprint density at radius 1 is 1.12 bits per heavy atom. The lowest BCUT2D eigenvalue weighted by Crippen LogP contribution is -2.10. The number of nitrogens with one attached hydrogen (secondary N) is 1. The Hall–Kier alpha value is -3.41. The number of aliphatic carboxylic acids is 1. The molecular weight excluding hydrogens is 328 g/mol. The van der Waals surface area contributed by atoms with Gasteiger partial charge in [0.25, 0.3) is 0 Å². The van der Waals surface area contributed by atoms with Gasteiger partial charge in [-0.1, -0.05) is 48.5 Å². The second-order valence-corrected chi connectivity index (χ2v) is 6.14. The summed E-state index contributed by atoms with van der Waals surface area (Å²) in [5.41, 5.74) is 9.94. The van der Waals surface area contributed by atoms with Gasteiger partial charge in [0.15, 0.2) is 0 Å². The van der Waals surface area contributed by atoms with Crippen LogP contribution in [0.5, 0.6) is 0 Å². The molecule has 0 bridgehead atoms. The summed E-state index contributed by atoms with van der Waals surface area (Å²) < 4.78 is 1.95. The lowest BCUT2D eigenvalue weighted by Gasteiger charge is -2.03. The number of carbonyl (C=O) groups is 1. The van der Waals surface area contributed by atoms with E-state index >= 15 is 0 Å². The van der Waals surface area contributed by atoms with Crippen LogP contribution in [0, 0.1) is 5.41 Å². The Kier molecular flexibility index (Phi) is 4.84. The number of nitrogens with zero attached hydrogens (tertiary/aromatic N) is 2. The van der Waals surface area contributed by atoms with Crippen molar-refractivity contribution in [3.63, 3.8) is 0 Å². The SMILES string of the molecule is Cn1cc(-c2ccc(CCC(=O)O)cc2)nc1-c1ccc(C(=N)N)cc1. The molecule has 0 aliphatic rings. The third kappa shape index (κ3) is 3.80. The van der Waals surface area contributed by atoms with Crippen LogP contribution in [-0.4, -0.2) is 26.5 Å². The molecule has 6 heteroatoms. The molecule has 3 aromatic rings. The first-order chi connectivity index (χ1) is 12.4. The minimum Gasteiger partial charge on any atom is -0.481 e. The first kappa shape index (κ1) is 17.4. The molecule has 1 heterocycles. The van der Waals surface area contributed by atoms with Gasteiger partial charge in [-0.15, -0.1) is 0 Å². The van der Waals surface area contributed by atoms with Crippen LogP contribution in [0.2, 0.25) is 0 Å². The van der Waals surface area contributed by atoms with Gasteiger partial charge in [-0.3, -0.25) is 10.2 Å². The molecule has 0 unspecified atom stereocenters. The zero-order chi connectivity index (χ0) is 18.7. The number of hydrogen-bond acceptors (Lipinski definition) is 3. The monoisotopic (exact) mass is 348 g/mol. The molecule has 132 valence electrons. The molecule has 0 aliphatic carbocycles. The topological polar surface area (TPSA) is 105 Å². The summed E-state index contributed by atoms with van der Waals surface area (Å²) in [5.74, 6) is 0.0735. The van der Waals surface area contributed by atoms with E-state index in [0.717, 1.165) is 28.2 Å². The van der Waals surface area contributed by atoms with Crippen molar-refractivity contribution < 1.29 is 9.90 Å². The first-order valence-corrected chi connectivity index (χ1v) is 8.23. The van der Waals surface area contributed by atoms with Crippen molar-refractivity contribution in [2.75, 3.05) is 0 Å². The predicted molar refractivity (Wildman–Crippen MR) is 101 cm³/mol. The summed E-state index contributed by atoms with van der Waals surface area (Å²) in [7, 11) is 1.94. The number of aryl methyl sites for hydroxylation is 2. The lowest BCUT2D eigenvalue weighted by molar-refractivity contribution is -0.136. The maximum absolute atomic E-state index is 10.7. The van der Waals surface area contributed by atoms with Gasteiger partial charge in [0, 0.05) is 36.4 Å². The number of hydrogen-bond donors (Lipinski definition) is 3. The highest BCUT2D eigenvalue weighted by molar-refractivity contribution is 5.95. The number of rotatable bonds is 6. The summed E-state index contributed by atoms with van der Waals surface area (Å²) in [6, 6.07) is 15.2. The number of benzene rings is 2. The van der Waals surface area contributed by atoms with E-state index in [-0.39, 0.29) is 12.3 Å². The maximum Gasteiger partial charge on any atom is 0.303 e. The van der Waals surface area contributed by atoms with Gasteiger partial charge in [0.05, 0.1) is 5.69 Å². The van der Waals surface area contributed by atoms with Crippen LogP contribution in [0.3, 0.4) is 0 Å². The first-order valence-electron chi connectivity index (χ1n) is 8.23. The molecular formula is C20H20N4O2. The molecule has 0 atom stereocenters. The van der Waals surface area contributed by atoms with Crippen LogP contribution in [0.4, 0.5) is 0 Å². The van der Waals surface area contributed by atoms with E-state index in [1.807, 2.05) is 66.3 Å². The number of nitrogens with two attached hydrogens (primary N) is 1. The standard InChI is InChI=1S/C20H20N4O2/c1-24-12-17(14-5-2-13(3-6-14)4-11-18(25)26)23-20(24)16-9-7-15(8-10-16)19(21)22/h2-3,5-10,12H,4,11H2,1H3,(H3,21,22)(H,25,26). The van der Waals surface area contributed by atoms with Crippen LogP contribution in [0.25, 0.3) is 22.6 Å². The van der Waals surface area contributed by atoms with Crippen molar-refractivity contribution in [1.29, 1.82) is 5.41 Å². The minimum atomic E-state index is -0.792. The molecule has 0 saturated carbocycles. The molecule has 0 radical (unpaired) electrons. The number of aromatic nitrogens is 2. The van der Waals surface area contributed by atoms with Crippen LogP contribution in [-0.2, 0) is 18.3 Å². The summed E-state index contributed by atoms with van der Waals surface area (Å²) in [6.45, 7) is 0. The fourth-order valence-electron chi connectivity index (χ4n) is 2.77. The Bertz CT molecular complexity index is 941. The third-order valence-electron chi connectivity index (χ3n) is 4.21. The zero-order valence-corrected chi connectivity index (χ0v) is 14.4. The highest BCUT2D eigenvalue weighted by Gasteiger charge is 2.10. The van der Waals surface area contributed by atoms with Crippen molar-refractivity contribution in [3.8, 4) is 22.6 Å². The van der Waals surface area contributed by atoms with Crippen molar-refractivity contribution in [1.82, 2.24) is 9.55 Å². The summed E-state index contributed by atoms with van der Waals surface area (Å²) >= 11 is 0. The number of amidine groups is 1. The smallest absolute Gasteiger partial charge is 0.303 e. The van der Waals surface area contributed by atoms with E-state index in [1.54, 1.807) is 0 Å². The van der Waals surface area contributed by atoms with Crippen molar-refractivity contribution in [2.45, 2.75) is 12.8 Å². The van der Waals surface area contributed by atoms with Gasteiger partial charge in [0.1, 0.15) is 11.7 Å². The molecule has 0 amide bonds. The molecule has 0 fully saturated rings. The largest absolute Gasteiger partial charge is 0.481 e. The predicted octanol–water partition coefficient (Wildman–Crippen LogP) is 3.06. The van der Waals surface area contributed by atoms with Crippen LogP contribution >= 0.6 is 0 Å². The summed E-state index contributed by atoms with van der Waals surface area (Å²) in [6.07, 6.45) is 2.61. The van der Waals surface area contributed by atoms with E-state index < -0.39 is 5.97 Å². The highest BCUT2D eigenvalue weighted by atomic mass is 16.4. The second kappa shape index (κ2) is 7.23. The molecule has 2 aromatic carbocycles. The highest BCUT2D eigenvalue weighted by Crippen LogP contribution is 2.25. The minimum absolute atomic E-state index is 0.0417. The molecule has 0 spiro atoms. The molecule has 0 saturated heterocycles. The maximum atomic E-state index is 10.7. The number of imidazole rings is 1. The average Bonchev–Trinajstić information content (AvgIpc) is 3.02. The Balaban J connectivity index is 1.83. The van der Waals surface area contributed by atoms with Crippen molar-refractivity contribution in [2.24, 2.45) is 12.8 Å². The van der Waals surface area contributed by atoms with Gasteiger partial charge in [-0.05, 0) is 12.0 Å². The summed E-state index contributed by atoms with van der Waals surface area (Å²) in [4.78, 5) is 15.4. The number of carboxylic acid groups (broad SMARTS) is 1. The Labute approximate surface area is 151 Å². The van der Waals surface area contributed by atoms with Gasteiger partial charge in [-0.25, -0.2) is 4.98 Å². The number of nitrogen functional groups attached to an aromatic ring is 1. The Morgan fingerprint density at radius 2 is 1.73 bits per heavy atom. The van der Waals surface area contributed by atoms with Gasteiger partial charge in [0.2, 0.25) is 0 Å². The van der Waals surface area contributed by atoms with Gasteiger partial charge in [-0.2, -0.15) is 0 Å². The van der Waals surface area contributed by atoms with E-state index in [0.29, 0.717) is 12.0 Å². The van der Waals surface area contributed by atoms with Crippen molar-refractivity contribution >= 4 is 11.8 Å². The number of carboxylic acids is 1. The third-order valence-corrected chi connectivity index (χ3v) is 4.21. The van der Waals surface area contributed by atoms with Gasteiger partial charge < -0.3 is 15.4 Å². The quantitative estimate of drug-likeness (QED) is 0.470. The molecule has 1 aromatic heterocycles. The van der Waals surface area contributed by atoms with Crippen LogP contribution < -0.4 is 5.73 Å². The molecule has 0 aliphatic heterocycles. The zero-order valence-electron chi connectivity index (χ0n) is 14.4. The average molecular weight is 348 g/mol. The van der Waals surface area contributed by atoms with E-state index in [2.05, 4.69) is 0 Å². The van der Waals surface area contributed by atoms with Crippen LogP contribution in [0.15, 0.2) is 54.7 Å². The fraction of sp³-hybridized carbons (Fsp3) is 0.150. The van der Waals surface area contributed by atoms with Crippen LogP contribution in [0.1, 0.15) is 17.5 Å². The van der Waals surface area contributed by atoms with E-state index in [9.17, 15) is 4.79 Å². The van der Waals surface area contributed by atoms with Crippen molar-refractivity contribution in [3.05, 3.63) is 65.9 Å². The molecule has 3 rings (SSSR count). The van der Waals surface area contributed by atoms with Gasteiger partial charge >= 0.3 is 5.97 Å². The fourth-order valence-corrected chi connectivity index (χ4v) is 2.77. The van der Waals surface area contributed by atoms with E-state index in [1.165, 1.54) is 0 Å². The summed E-state index contributed by atoms with van der Waals surface area (Å²) in [5, 5.41) is 16.2. The molecule has 6 nitrogen and oxygen atoms in total. The lowest BCUT2D eigenvalue weighted by atomic mass is 10.1.